The summed E-state index contributed by atoms with van der Waals surface area (Å²) in [6.07, 6.45) is 2.62. The van der Waals surface area contributed by atoms with Crippen molar-refractivity contribution in [2.24, 2.45) is 0 Å². The van der Waals surface area contributed by atoms with Crippen LogP contribution in [-0.2, 0) is 29.1 Å². The molecule has 0 saturated carbocycles. The van der Waals surface area contributed by atoms with Crippen LogP contribution in [0.25, 0.3) is 0 Å². The highest BCUT2D eigenvalue weighted by molar-refractivity contribution is 7.89. The van der Waals surface area contributed by atoms with Gasteiger partial charge in [0.1, 0.15) is 0 Å². The summed E-state index contributed by atoms with van der Waals surface area (Å²) >= 11 is 0. The Hall–Kier alpha value is -1.87. The second kappa shape index (κ2) is 7.06. The van der Waals surface area contributed by atoms with Crippen LogP contribution in [0.4, 0.5) is 0 Å². The second-order valence-electron chi connectivity index (χ2n) is 3.61. The minimum Gasteiger partial charge on any atom is -0.464 e. The van der Waals surface area contributed by atoms with Gasteiger partial charge in [0.15, 0.2) is 0 Å². The molecule has 1 aromatic rings. The molecule has 1 aromatic heterocycles. The largest absolute Gasteiger partial charge is 0.464 e. The molecule has 8 nitrogen and oxygen atoms in total. The summed E-state index contributed by atoms with van der Waals surface area (Å²) in [7, 11) is -4.03. The van der Waals surface area contributed by atoms with Gasteiger partial charge in [0.05, 0.1) is 18.1 Å². The number of aromatic nitrogens is 1. The number of sulfonamides is 1. The third-order valence-electron chi connectivity index (χ3n) is 2.20. The molecule has 9 heteroatoms. The first-order valence-electron chi connectivity index (χ1n) is 5.90. The van der Waals surface area contributed by atoms with Crippen LogP contribution in [0, 0.1) is 0 Å². The van der Waals surface area contributed by atoms with Crippen molar-refractivity contribution in [3.63, 3.8) is 0 Å². The smallest absolute Gasteiger partial charge is 0.335 e. The van der Waals surface area contributed by atoms with E-state index in [2.05, 4.69) is 14.5 Å². The highest BCUT2D eigenvalue weighted by Gasteiger charge is 2.34. The van der Waals surface area contributed by atoms with Gasteiger partial charge in [-0.05, 0) is 19.9 Å². The van der Waals surface area contributed by atoms with E-state index >= 15 is 0 Å². The Morgan fingerprint density at radius 1 is 1.25 bits per heavy atom. The van der Waals surface area contributed by atoms with Gasteiger partial charge in [-0.1, -0.05) is 0 Å². The van der Waals surface area contributed by atoms with Gasteiger partial charge < -0.3 is 14.5 Å². The molecule has 20 heavy (non-hydrogen) atoms. The molecule has 0 bridgehead atoms. The van der Waals surface area contributed by atoms with Gasteiger partial charge in [-0.3, -0.25) is 0 Å². The summed E-state index contributed by atoms with van der Waals surface area (Å²) in [5.41, 5.74) is 0. The molecule has 0 aromatic carbocycles. The normalized spacial score (nSPS) is 11.3. The monoisotopic (exact) mass is 304 g/mol. The summed E-state index contributed by atoms with van der Waals surface area (Å²) < 4.78 is 35.2. The number of hydrogen-bond donors (Lipinski definition) is 2. The minimum absolute atomic E-state index is 0.0145. The summed E-state index contributed by atoms with van der Waals surface area (Å²) in [5.74, 6) is -2.02. The summed E-state index contributed by atoms with van der Waals surface area (Å²) in [5, 5.41) is 0. The predicted octanol–water partition coefficient (Wildman–Crippen LogP) is -0.212. The molecule has 0 aliphatic heterocycles. The molecule has 0 saturated heterocycles. The molecule has 0 aliphatic carbocycles. The van der Waals surface area contributed by atoms with Crippen LogP contribution >= 0.6 is 0 Å². The number of esters is 2. The van der Waals surface area contributed by atoms with Crippen molar-refractivity contribution < 1.29 is 27.5 Å². The number of nitrogens with one attached hydrogen (secondary N) is 2. The van der Waals surface area contributed by atoms with Crippen LogP contribution in [0.3, 0.4) is 0 Å². The van der Waals surface area contributed by atoms with Crippen molar-refractivity contribution in [3.8, 4) is 0 Å². The maximum absolute atomic E-state index is 12.0. The Balaban J connectivity index is 2.95. The fourth-order valence-electron chi connectivity index (χ4n) is 1.34. The predicted molar refractivity (Wildman–Crippen MR) is 68.2 cm³/mol. The molecule has 0 spiro atoms. The zero-order valence-corrected chi connectivity index (χ0v) is 11.9. The quantitative estimate of drug-likeness (QED) is 0.532. The first-order valence-corrected chi connectivity index (χ1v) is 7.39. The van der Waals surface area contributed by atoms with E-state index in [0.29, 0.717) is 0 Å². The Kier molecular flexibility index (Phi) is 5.71. The van der Waals surface area contributed by atoms with Crippen LogP contribution in [0.1, 0.15) is 13.8 Å². The number of hydrogen-bond acceptors (Lipinski definition) is 6. The number of ether oxygens (including phenoxy) is 2. The highest BCUT2D eigenvalue weighted by atomic mass is 32.2. The summed E-state index contributed by atoms with van der Waals surface area (Å²) in [4.78, 5) is 25.8. The van der Waals surface area contributed by atoms with Gasteiger partial charge in [-0.2, -0.15) is 4.72 Å². The lowest BCUT2D eigenvalue weighted by molar-refractivity contribution is -0.157. The van der Waals surface area contributed by atoms with Crippen molar-refractivity contribution in [1.29, 1.82) is 0 Å². The van der Waals surface area contributed by atoms with Crippen LogP contribution in [-0.4, -0.2) is 44.6 Å². The van der Waals surface area contributed by atoms with E-state index in [1.807, 2.05) is 4.72 Å². The average Bonchev–Trinajstić information content (AvgIpc) is 2.91. The average molecular weight is 304 g/mol. The topological polar surface area (TPSA) is 115 Å². The molecule has 0 unspecified atom stereocenters. The zero-order chi connectivity index (χ0) is 15.2. The molecule has 0 aliphatic rings. The Bertz CT molecular complexity index is 533. The fourth-order valence-corrected chi connectivity index (χ4v) is 2.45. The van der Waals surface area contributed by atoms with Crippen LogP contribution < -0.4 is 4.72 Å². The number of carbonyl (C=O) groups excluding carboxylic acids is 2. The standard InChI is InChI=1S/C11H16N2O6S/c1-3-18-10(14)9(11(15)19-4-2)13-20(16,17)8-5-6-12-7-8/h5-7,9,12-13H,3-4H2,1-2H3. The second-order valence-corrected chi connectivity index (χ2v) is 5.32. The maximum atomic E-state index is 12.0. The first-order chi connectivity index (χ1) is 9.42. The summed E-state index contributed by atoms with van der Waals surface area (Å²) in [6.45, 7) is 3.11. The van der Waals surface area contributed by atoms with Gasteiger partial charge in [0, 0.05) is 12.4 Å². The van der Waals surface area contributed by atoms with Crippen molar-refractivity contribution in [1.82, 2.24) is 9.71 Å². The van der Waals surface area contributed by atoms with Crippen molar-refractivity contribution in [3.05, 3.63) is 18.5 Å². The highest BCUT2D eigenvalue weighted by Crippen LogP contribution is 2.08. The molecule has 0 amide bonds. The third kappa shape index (κ3) is 4.07. The first kappa shape index (κ1) is 16.2. The van der Waals surface area contributed by atoms with Crippen LogP contribution in [0.2, 0.25) is 0 Å². The molecule has 0 fully saturated rings. The molecule has 1 heterocycles. The molecular weight excluding hydrogens is 288 g/mol. The number of aromatic amines is 1. The van der Waals surface area contributed by atoms with E-state index < -0.39 is 28.0 Å². The molecule has 0 atom stereocenters. The van der Waals surface area contributed by atoms with E-state index in [-0.39, 0.29) is 18.1 Å². The Labute approximate surface area is 116 Å². The molecule has 112 valence electrons. The van der Waals surface area contributed by atoms with Crippen LogP contribution in [0.5, 0.6) is 0 Å². The molecule has 2 N–H and O–H groups in total. The van der Waals surface area contributed by atoms with Gasteiger partial charge in [-0.15, -0.1) is 0 Å². The number of carbonyl (C=O) groups is 2. The molecule has 0 radical (unpaired) electrons. The zero-order valence-electron chi connectivity index (χ0n) is 11.1. The van der Waals surface area contributed by atoms with Crippen molar-refractivity contribution in [2.45, 2.75) is 24.8 Å². The third-order valence-corrected chi connectivity index (χ3v) is 3.62. The lowest BCUT2D eigenvalue weighted by atomic mass is 10.3. The van der Waals surface area contributed by atoms with Gasteiger partial charge in [0.25, 0.3) is 0 Å². The summed E-state index contributed by atoms with van der Waals surface area (Å²) in [6, 6.07) is -0.440. The van der Waals surface area contributed by atoms with E-state index in [9.17, 15) is 18.0 Å². The van der Waals surface area contributed by atoms with Gasteiger partial charge in [0.2, 0.25) is 16.1 Å². The van der Waals surface area contributed by atoms with Crippen LogP contribution in [0.15, 0.2) is 23.4 Å². The Morgan fingerprint density at radius 3 is 2.20 bits per heavy atom. The van der Waals surface area contributed by atoms with Crippen molar-refractivity contribution in [2.75, 3.05) is 13.2 Å². The van der Waals surface area contributed by atoms with E-state index in [4.69, 9.17) is 0 Å². The van der Waals surface area contributed by atoms with E-state index in [0.717, 1.165) is 0 Å². The minimum atomic E-state index is -4.03. The van der Waals surface area contributed by atoms with Gasteiger partial charge >= 0.3 is 11.9 Å². The van der Waals surface area contributed by atoms with E-state index in [1.54, 1.807) is 13.8 Å². The lowest BCUT2D eigenvalue weighted by Crippen LogP contribution is -2.48. The van der Waals surface area contributed by atoms with E-state index in [1.165, 1.54) is 18.5 Å². The van der Waals surface area contributed by atoms with Crippen molar-refractivity contribution >= 4 is 22.0 Å². The number of rotatable bonds is 7. The maximum Gasteiger partial charge on any atom is 0.335 e. The molecule has 1 rings (SSSR count). The lowest BCUT2D eigenvalue weighted by Gasteiger charge is -2.15. The SMILES string of the molecule is CCOC(=O)C(NS(=O)(=O)c1cc[nH]c1)C(=O)OCC. The molecular formula is C11H16N2O6S. The Morgan fingerprint density at radius 2 is 1.80 bits per heavy atom. The van der Waals surface area contributed by atoms with Gasteiger partial charge in [-0.25, -0.2) is 18.0 Å². The number of H-pyrrole nitrogens is 1. The fraction of sp³-hybridized carbons (Fsp3) is 0.455.